The van der Waals surface area contributed by atoms with Crippen molar-refractivity contribution in [3.63, 3.8) is 0 Å². The first kappa shape index (κ1) is 17.0. The fraction of sp³-hybridized carbons (Fsp3) is 0.250. The van der Waals surface area contributed by atoms with Crippen molar-refractivity contribution >= 4 is 37.5 Å². The van der Waals surface area contributed by atoms with Crippen molar-refractivity contribution in [2.75, 3.05) is 13.1 Å². The van der Waals surface area contributed by atoms with Crippen LogP contribution in [0.25, 0.3) is 0 Å². The molecule has 0 saturated carbocycles. The van der Waals surface area contributed by atoms with E-state index in [2.05, 4.69) is 9.59 Å². The smallest absolute Gasteiger partial charge is 0.266 e. The van der Waals surface area contributed by atoms with E-state index in [1.165, 1.54) is 27.9 Å². The van der Waals surface area contributed by atoms with Gasteiger partial charge in [0, 0.05) is 18.5 Å². The fourth-order valence-electron chi connectivity index (χ4n) is 1.98. The lowest BCUT2D eigenvalue weighted by Crippen LogP contribution is -2.42. The van der Waals surface area contributed by atoms with Gasteiger partial charge in [0.2, 0.25) is 10.0 Å². The molecular formula is C12H12N4O5S3. The zero-order valence-corrected chi connectivity index (χ0v) is 14.6. The predicted molar refractivity (Wildman–Crippen MR) is 84.4 cm³/mol. The van der Waals surface area contributed by atoms with Crippen LogP contribution in [0.3, 0.4) is 0 Å². The van der Waals surface area contributed by atoms with E-state index in [0.29, 0.717) is 13.1 Å². The summed E-state index contributed by atoms with van der Waals surface area (Å²) in [5.74, 6) is -0.931. The van der Waals surface area contributed by atoms with Gasteiger partial charge in [-0.25, -0.2) is 21.6 Å². The van der Waals surface area contributed by atoms with E-state index in [4.69, 9.17) is 0 Å². The number of nitrogens with zero attached hydrogens (tertiary/aromatic N) is 3. The standard InChI is InChI=1S/C12H12N4O5S3/c17-12(11-8-22-15-13-11)14-23(18,19)9-3-1-4-10(7-9)24(20,21)16-5-2-6-16/h1,3-4,7-8H,2,5-6H2,(H,14,17). The number of nitrogens with one attached hydrogen (secondary N) is 1. The Kier molecular flexibility index (Phi) is 4.38. The van der Waals surface area contributed by atoms with Crippen LogP contribution in [-0.2, 0) is 20.0 Å². The van der Waals surface area contributed by atoms with Gasteiger partial charge in [-0.15, -0.1) is 5.10 Å². The van der Waals surface area contributed by atoms with E-state index in [1.54, 1.807) is 0 Å². The molecule has 2 aromatic rings. The molecule has 0 spiro atoms. The molecule has 3 rings (SSSR count). The largest absolute Gasteiger partial charge is 0.286 e. The van der Waals surface area contributed by atoms with Gasteiger partial charge in [0.05, 0.1) is 9.79 Å². The second kappa shape index (κ2) is 6.20. The second-order valence-electron chi connectivity index (χ2n) is 4.96. The minimum absolute atomic E-state index is 0.132. The third-order valence-electron chi connectivity index (χ3n) is 3.39. The van der Waals surface area contributed by atoms with E-state index in [0.717, 1.165) is 24.0 Å². The number of carbonyl (C=O) groups excluding carboxylic acids is 1. The summed E-state index contributed by atoms with van der Waals surface area (Å²) >= 11 is 0.906. The Bertz CT molecular complexity index is 966. The summed E-state index contributed by atoms with van der Waals surface area (Å²) in [6.07, 6.45) is 0.773. The molecule has 12 heteroatoms. The highest BCUT2D eigenvalue weighted by Crippen LogP contribution is 2.23. The van der Waals surface area contributed by atoms with Gasteiger partial charge in [-0.1, -0.05) is 10.6 Å². The lowest BCUT2D eigenvalue weighted by atomic mass is 10.3. The zero-order chi connectivity index (χ0) is 17.4. The van der Waals surface area contributed by atoms with Gasteiger partial charge < -0.3 is 0 Å². The molecule has 1 fully saturated rings. The molecule has 1 aliphatic heterocycles. The van der Waals surface area contributed by atoms with Crippen LogP contribution < -0.4 is 4.72 Å². The number of rotatable bonds is 5. The molecule has 0 radical (unpaired) electrons. The van der Waals surface area contributed by atoms with E-state index >= 15 is 0 Å². The molecule has 128 valence electrons. The first-order valence-electron chi connectivity index (χ1n) is 6.75. The Hall–Kier alpha value is -1.89. The van der Waals surface area contributed by atoms with Gasteiger partial charge in [0.25, 0.3) is 15.9 Å². The van der Waals surface area contributed by atoms with Crippen molar-refractivity contribution in [1.82, 2.24) is 18.6 Å². The minimum Gasteiger partial charge on any atom is -0.266 e. The van der Waals surface area contributed by atoms with Crippen LogP contribution in [0.15, 0.2) is 39.4 Å². The van der Waals surface area contributed by atoms with Crippen LogP contribution in [0.1, 0.15) is 16.9 Å². The van der Waals surface area contributed by atoms with E-state index in [1.807, 2.05) is 4.72 Å². The quantitative estimate of drug-likeness (QED) is 0.767. The summed E-state index contributed by atoms with van der Waals surface area (Å²) in [7, 11) is -7.95. The molecular weight excluding hydrogens is 376 g/mol. The highest BCUT2D eigenvalue weighted by Gasteiger charge is 2.30. The van der Waals surface area contributed by atoms with Gasteiger partial charge in [-0.2, -0.15) is 4.31 Å². The van der Waals surface area contributed by atoms with Gasteiger partial charge >= 0.3 is 0 Å². The number of amides is 1. The second-order valence-corrected chi connectivity index (χ2v) is 9.19. The van der Waals surface area contributed by atoms with Gasteiger partial charge in [0.1, 0.15) is 0 Å². The molecule has 2 heterocycles. The van der Waals surface area contributed by atoms with E-state index in [-0.39, 0.29) is 15.5 Å². The highest BCUT2D eigenvalue weighted by molar-refractivity contribution is 7.90. The predicted octanol–water partition coefficient (Wildman–Crippen LogP) is 0.0512. The number of hydrogen-bond acceptors (Lipinski definition) is 8. The maximum absolute atomic E-state index is 12.3. The fourth-order valence-corrected chi connectivity index (χ4v) is 5.06. The molecule has 1 saturated heterocycles. The van der Waals surface area contributed by atoms with Crippen molar-refractivity contribution < 1.29 is 21.6 Å². The summed E-state index contributed by atoms with van der Waals surface area (Å²) < 4.78 is 55.8. The zero-order valence-electron chi connectivity index (χ0n) is 12.1. The van der Waals surface area contributed by atoms with Gasteiger partial charge in [0.15, 0.2) is 5.69 Å². The Morgan fingerprint density at radius 2 is 1.88 bits per heavy atom. The van der Waals surface area contributed by atoms with E-state index < -0.39 is 26.0 Å². The molecule has 1 aliphatic rings. The summed E-state index contributed by atoms with van der Waals surface area (Å²) in [4.78, 5) is 11.4. The maximum atomic E-state index is 12.3. The SMILES string of the molecule is O=C(NS(=O)(=O)c1cccc(S(=O)(=O)N2CCC2)c1)c1csnn1. The summed E-state index contributed by atoms with van der Waals surface area (Å²) in [6, 6.07) is 4.88. The number of carbonyl (C=O) groups is 1. The van der Waals surface area contributed by atoms with Crippen LogP contribution in [0, 0.1) is 0 Å². The maximum Gasteiger partial charge on any atom is 0.286 e. The molecule has 1 N–H and O–H groups in total. The molecule has 0 bridgehead atoms. The Labute approximate surface area is 142 Å². The average Bonchev–Trinajstić information content (AvgIpc) is 2.99. The minimum atomic E-state index is -4.23. The van der Waals surface area contributed by atoms with Crippen molar-refractivity contribution in [2.45, 2.75) is 16.2 Å². The molecule has 9 nitrogen and oxygen atoms in total. The third-order valence-corrected chi connectivity index (χ3v) is 7.12. The van der Waals surface area contributed by atoms with Crippen LogP contribution >= 0.6 is 11.5 Å². The van der Waals surface area contributed by atoms with Crippen LogP contribution in [0.4, 0.5) is 0 Å². The number of benzene rings is 1. The number of aromatic nitrogens is 2. The normalized spacial score (nSPS) is 15.7. The molecule has 0 aliphatic carbocycles. The third kappa shape index (κ3) is 3.17. The molecule has 1 aromatic carbocycles. The summed E-state index contributed by atoms with van der Waals surface area (Å²) in [6.45, 7) is 0.819. The summed E-state index contributed by atoms with van der Waals surface area (Å²) in [5, 5.41) is 4.78. The van der Waals surface area contributed by atoms with Crippen molar-refractivity contribution in [3.05, 3.63) is 35.3 Å². The first-order valence-corrected chi connectivity index (χ1v) is 10.5. The number of sulfonamides is 2. The van der Waals surface area contributed by atoms with Gasteiger partial charge in [-0.3, -0.25) is 4.79 Å². The van der Waals surface area contributed by atoms with Crippen molar-refractivity contribution in [3.8, 4) is 0 Å². The molecule has 1 amide bonds. The molecule has 0 unspecified atom stereocenters. The van der Waals surface area contributed by atoms with Crippen LogP contribution in [0.5, 0.6) is 0 Å². The molecule has 1 aromatic heterocycles. The van der Waals surface area contributed by atoms with E-state index in [9.17, 15) is 21.6 Å². The lowest BCUT2D eigenvalue weighted by Gasteiger charge is -2.29. The Balaban J connectivity index is 1.89. The van der Waals surface area contributed by atoms with Crippen molar-refractivity contribution in [1.29, 1.82) is 0 Å². The van der Waals surface area contributed by atoms with Crippen LogP contribution in [0.2, 0.25) is 0 Å². The van der Waals surface area contributed by atoms with Crippen molar-refractivity contribution in [2.24, 2.45) is 0 Å². The highest BCUT2D eigenvalue weighted by atomic mass is 32.2. The Morgan fingerprint density at radius 3 is 2.46 bits per heavy atom. The topological polar surface area (TPSA) is 126 Å². The van der Waals surface area contributed by atoms with Crippen LogP contribution in [-0.4, -0.2) is 49.7 Å². The monoisotopic (exact) mass is 388 g/mol. The molecule has 0 atom stereocenters. The first-order chi connectivity index (χ1) is 11.3. The lowest BCUT2D eigenvalue weighted by molar-refractivity contribution is 0.0976. The summed E-state index contributed by atoms with van der Waals surface area (Å²) in [5.41, 5.74) is -0.132. The average molecular weight is 388 g/mol. The Morgan fingerprint density at radius 1 is 1.17 bits per heavy atom. The molecule has 24 heavy (non-hydrogen) atoms. The number of hydrogen-bond donors (Lipinski definition) is 1. The van der Waals surface area contributed by atoms with Gasteiger partial charge in [-0.05, 0) is 36.2 Å².